The van der Waals surface area contributed by atoms with Crippen LogP contribution in [0.3, 0.4) is 0 Å². The highest BCUT2D eigenvalue weighted by Crippen LogP contribution is 2.27. The summed E-state index contributed by atoms with van der Waals surface area (Å²) in [6.07, 6.45) is 2.08. The Labute approximate surface area is 160 Å². The molecule has 0 bridgehead atoms. The Balaban J connectivity index is 2.31. The summed E-state index contributed by atoms with van der Waals surface area (Å²) < 4.78 is 36.4. The van der Waals surface area contributed by atoms with E-state index in [0.29, 0.717) is 11.1 Å². The van der Waals surface area contributed by atoms with Gasteiger partial charge in [0.15, 0.2) is 14.6 Å². The number of aryl methyl sites for hydroxylation is 1. The van der Waals surface area contributed by atoms with Crippen LogP contribution in [-0.4, -0.2) is 35.1 Å². The van der Waals surface area contributed by atoms with E-state index in [2.05, 4.69) is 0 Å². The Kier molecular flexibility index (Phi) is 6.08. The first kappa shape index (κ1) is 21.1. The number of halogens is 2. The van der Waals surface area contributed by atoms with E-state index < -0.39 is 31.9 Å². The van der Waals surface area contributed by atoms with E-state index in [4.69, 9.17) is 16.8 Å². The summed E-state index contributed by atoms with van der Waals surface area (Å²) in [5, 5.41) is 8.97. The second kappa shape index (κ2) is 7.79. The summed E-state index contributed by atoms with van der Waals surface area (Å²) in [6, 6.07) is 6.65. The van der Waals surface area contributed by atoms with Gasteiger partial charge in [-0.2, -0.15) is 0 Å². The number of aromatic nitrogens is 1. The zero-order valence-electron chi connectivity index (χ0n) is 14.6. The number of nitrogens with one attached hydrogen (secondary N) is 1. The second-order valence-corrected chi connectivity index (χ2v) is 9.12. The van der Waals surface area contributed by atoms with E-state index in [1.807, 2.05) is 0 Å². The first-order chi connectivity index (χ1) is 12.5. The molecule has 0 aliphatic heterocycles. The van der Waals surface area contributed by atoms with Gasteiger partial charge in [0.25, 0.3) is 11.5 Å². The van der Waals surface area contributed by atoms with Gasteiger partial charge in [0.2, 0.25) is 0 Å². The van der Waals surface area contributed by atoms with Gasteiger partial charge in [-0.1, -0.05) is 11.6 Å². The number of carbonyl (C=O) groups excluding carboxylic acids is 1. The van der Waals surface area contributed by atoms with Gasteiger partial charge >= 0.3 is 0 Å². The fourth-order valence-corrected chi connectivity index (χ4v) is 3.62. The molecule has 0 saturated carbocycles. The van der Waals surface area contributed by atoms with Crippen LogP contribution in [0.25, 0.3) is 11.1 Å². The number of benzene rings is 1. The van der Waals surface area contributed by atoms with Gasteiger partial charge in [0.05, 0.1) is 5.02 Å². The van der Waals surface area contributed by atoms with Gasteiger partial charge < -0.3 is 4.57 Å². The lowest BCUT2D eigenvalue weighted by atomic mass is 10.1. The SMILES string of the molecule is CC(CCn1ccc(-c2ccc(F)cc2Cl)cc1=O)(C(=O)NO)S(C)(=O)=O. The molecule has 1 aromatic carbocycles. The Hall–Kier alpha value is -2.23. The third-order valence-electron chi connectivity index (χ3n) is 4.47. The average molecular weight is 417 g/mol. The summed E-state index contributed by atoms with van der Waals surface area (Å²) in [5.41, 5.74) is 1.85. The van der Waals surface area contributed by atoms with Crippen molar-refractivity contribution in [1.29, 1.82) is 0 Å². The number of carbonyl (C=O) groups is 1. The number of hydrogen-bond acceptors (Lipinski definition) is 5. The molecule has 0 fully saturated rings. The fraction of sp³-hybridized carbons (Fsp3) is 0.294. The molecule has 0 spiro atoms. The predicted molar refractivity (Wildman–Crippen MR) is 98.9 cm³/mol. The third kappa shape index (κ3) is 4.37. The standard InChI is InChI=1S/C17H18ClFN2O5S/c1-17(16(23)20-24,27(2,25)26)6-8-21-7-5-11(9-15(21)22)13-4-3-12(19)10-14(13)18/h3-5,7,9-10,24H,6,8H2,1-2H3,(H,20,23). The molecule has 0 saturated heterocycles. The minimum Gasteiger partial charge on any atom is -0.315 e. The van der Waals surface area contributed by atoms with E-state index in [9.17, 15) is 22.4 Å². The van der Waals surface area contributed by atoms with Crippen molar-refractivity contribution >= 4 is 27.3 Å². The van der Waals surface area contributed by atoms with Crippen LogP contribution < -0.4 is 11.0 Å². The molecule has 1 atom stereocenters. The van der Waals surface area contributed by atoms with Crippen molar-refractivity contribution in [2.24, 2.45) is 0 Å². The third-order valence-corrected chi connectivity index (χ3v) is 6.81. The van der Waals surface area contributed by atoms with Crippen LogP contribution >= 0.6 is 11.6 Å². The van der Waals surface area contributed by atoms with Crippen LogP contribution in [0.1, 0.15) is 13.3 Å². The van der Waals surface area contributed by atoms with Gasteiger partial charge in [-0.05, 0) is 43.2 Å². The molecule has 1 amide bonds. The van der Waals surface area contributed by atoms with Gasteiger partial charge in [0, 0.05) is 30.6 Å². The molecule has 146 valence electrons. The number of hydroxylamine groups is 1. The minimum atomic E-state index is -3.86. The molecular weight excluding hydrogens is 399 g/mol. The van der Waals surface area contributed by atoms with Gasteiger partial charge in [-0.15, -0.1) is 0 Å². The van der Waals surface area contributed by atoms with Crippen LogP contribution in [0.5, 0.6) is 0 Å². The molecule has 0 radical (unpaired) electrons. The maximum Gasteiger partial charge on any atom is 0.264 e. The predicted octanol–water partition coefficient (Wildman–Crippen LogP) is 2.01. The molecule has 2 rings (SSSR count). The largest absolute Gasteiger partial charge is 0.315 e. The molecule has 0 aliphatic carbocycles. The molecule has 7 nitrogen and oxygen atoms in total. The topological polar surface area (TPSA) is 105 Å². The lowest BCUT2D eigenvalue weighted by Crippen LogP contribution is -2.49. The molecule has 0 aliphatic rings. The molecule has 1 unspecified atom stereocenters. The monoisotopic (exact) mass is 416 g/mol. The van der Waals surface area contributed by atoms with Crippen molar-refractivity contribution in [3.8, 4) is 11.1 Å². The molecule has 10 heteroatoms. The number of amides is 1. The van der Waals surface area contributed by atoms with Crippen molar-refractivity contribution in [2.75, 3.05) is 6.26 Å². The molecule has 2 N–H and O–H groups in total. The Morgan fingerprint density at radius 3 is 2.52 bits per heavy atom. The van der Waals surface area contributed by atoms with Crippen LogP contribution in [0.2, 0.25) is 5.02 Å². The highest BCUT2D eigenvalue weighted by atomic mass is 35.5. The van der Waals surface area contributed by atoms with Gasteiger partial charge in [-0.25, -0.2) is 18.3 Å². The molecule has 1 aromatic heterocycles. The highest BCUT2D eigenvalue weighted by molar-refractivity contribution is 7.92. The van der Waals surface area contributed by atoms with Crippen molar-refractivity contribution < 1.29 is 22.8 Å². The highest BCUT2D eigenvalue weighted by Gasteiger charge is 2.43. The van der Waals surface area contributed by atoms with Crippen LogP contribution in [0.4, 0.5) is 4.39 Å². The summed E-state index contributed by atoms with van der Waals surface area (Å²) in [5.74, 6) is -1.58. The first-order valence-corrected chi connectivity index (χ1v) is 10.1. The first-order valence-electron chi connectivity index (χ1n) is 7.79. The van der Waals surface area contributed by atoms with E-state index in [-0.39, 0.29) is 18.0 Å². The number of hydrogen-bond donors (Lipinski definition) is 2. The normalized spacial score (nSPS) is 13.8. The van der Waals surface area contributed by atoms with E-state index in [1.54, 1.807) is 6.07 Å². The summed E-state index contributed by atoms with van der Waals surface area (Å²) in [7, 11) is -3.86. The van der Waals surface area contributed by atoms with Crippen molar-refractivity contribution in [2.45, 2.75) is 24.6 Å². The minimum absolute atomic E-state index is 0.0761. The van der Waals surface area contributed by atoms with Gasteiger partial charge in [0.1, 0.15) is 5.82 Å². The Morgan fingerprint density at radius 2 is 2.00 bits per heavy atom. The second-order valence-electron chi connectivity index (χ2n) is 6.27. The molecule has 27 heavy (non-hydrogen) atoms. The van der Waals surface area contributed by atoms with Crippen LogP contribution in [0.15, 0.2) is 41.3 Å². The summed E-state index contributed by atoms with van der Waals surface area (Å²) in [4.78, 5) is 24.2. The number of pyridine rings is 1. The fourth-order valence-electron chi connectivity index (χ4n) is 2.50. The van der Waals surface area contributed by atoms with Crippen molar-refractivity contribution in [3.63, 3.8) is 0 Å². The lowest BCUT2D eigenvalue weighted by Gasteiger charge is -2.25. The van der Waals surface area contributed by atoms with Gasteiger partial charge in [-0.3, -0.25) is 14.8 Å². The smallest absolute Gasteiger partial charge is 0.264 e. The van der Waals surface area contributed by atoms with Crippen molar-refractivity contribution in [3.05, 3.63) is 57.7 Å². The van der Waals surface area contributed by atoms with E-state index >= 15 is 0 Å². The molecule has 1 heterocycles. The zero-order chi connectivity index (χ0) is 20.4. The Morgan fingerprint density at radius 1 is 1.33 bits per heavy atom. The molecule has 2 aromatic rings. The van der Waals surface area contributed by atoms with Crippen LogP contribution in [0, 0.1) is 5.82 Å². The van der Waals surface area contributed by atoms with Crippen molar-refractivity contribution in [1.82, 2.24) is 10.0 Å². The number of rotatable bonds is 6. The van der Waals surface area contributed by atoms with E-state index in [1.165, 1.54) is 41.4 Å². The maximum absolute atomic E-state index is 13.2. The zero-order valence-corrected chi connectivity index (χ0v) is 16.1. The summed E-state index contributed by atoms with van der Waals surface area (Å²) in [6.45, 7) is 1.10. The number of nitrogens with zero attached hydrogens (tertiary/aromatic N) is 1. The molecular formula is C17H18ClFN2O5S. The Bertz CT molecular complexity index is 1040. The maximum atomic E-state index is 13.2. The quantitative estimate of drug-likeness (QED) is 0.553. The van der Waals surface area contributed by atoms with E-state index in [0.717, 1.165) is 12.3 Å². The number of sulfone groups is 1. The lowest BCUT2D eigenvalue weighted by molar-refractivity contribution is -0.131. The average Bonchev–Trinajstić information content (AvgIpc) is 2.58. The van der Waals surface area contributed by atoms with Crippen LogP contribution in [-0.2, 0) is 21.2 Å². The summed E-state index contributed by atoms with van der Waals surface area (Å²) >= 11 is 5.99.